The van der Waals surface area contributed by atoms with Gasteiger partial charge in [0.05, 0.1) is 23.7 Å². The molecule has 9 heteroatoms. The number of nitrogens with zero attached hydrogens (tertiary/aromatic N) is 1. The summed E-state index contributed by atoms with van der Waals surface area (Å²) in [5, 5.41) is 9.20. The van der Waals surface area contributed by atoms with E-state index in [1.165, 1.54) is 18.2 Å². The van der Waals surface area contributed by atoms with E-state index in [-0.39, 0.29) is 27.2 Å². The highest BCUT2D eigenvalue weighted by atomic mass is 35.5. The Kier molecular flexibility index (Phi) is 6.75. The van der Waals surface area contributed by atoms with Gasteiger partial charge in [-0.15, -0.1) is 0 Å². The van der Waals surface area contributed by atoms with Crippen molar-refractivity contribution in [3.8, 4) is 5.75 Å². The lowest BCUT2D eigenvalue weighted by atomic mass is 10.3. The van der Waals surface area contributed by atoms with Gasteiger partial charge in [0.1, 0.15) is 10.6 Å². The number of para-hydroxylation sites is 2. The lowest BCUT2D eigenvalue weighted by Gasteiger charge is -2.26. The van der Waals surface area contributed by atoms with Gasteiger partial charge in [-0.05, 0) is 37.3 Å². The van der Waals surface area contributed by atoms with Crippen molar-refractivity contribution in [2.24, 2.45) is 0 Å². The van der Waals surface area contributed by atoms with E-state index >= 15 is 0 Å². The smallest absolute Gasteiger partial charge is 0.305 e. The minimum atomic E-state index is -4.17. The van der Waals surface area contributed by atoms with E-state index in [9.17, 15) is 13.2 Å². The summed E-state index contributed by atoms with van der Waals surface area (Å²) in [6.07, 6.45) is -0.391. The Hall–Kier alpha value is -1.96. The van der Waals surface area contributed by atoms with Gasteiger partial charge < -0.3 is 9.84 Å². The fourth-order valence-corrected chi connectivity index (χ4v) is 4.52. The maximum absolute atomic E-state index is 13.2. The Morgan fingerprint density at radius 2 is 1.88 bits per heavy atom. The van der Waals surface area contributed by atoms with E-state index < -0.39 is 22.4 Å². The zero-order valence-electron chi connectivity index (χ0n) is 13.9. The summed E-state index contributed by atoms with van der Waals surface area (Å²) in [7, 11) is -4.17. The number of carboxylic acid groups (broad SMARTS) is 1. The molecule has 140 valence electrons. The summed E-state index contributed by atoms with van der Waals surface area (Å²) in [6, 6.07) is 10.6. The van der Waals surface area contributed by atoms with Crippen molar-refractivity contribution in [2.75, 3.05) is 17.5 Å². The molecule has 0 unspecified atom stereocenters. The molecule has 0 atom stereocenters. The van der Waals surface area contributed by atoms with Gasteiger partial charge in [0.2, 0.25) is 0 Å². The monoisotopic (exact) mass is 417 g/mol. The summed E-state index contributed by atoms with van der Waals surface area (Å²) < 4.78 is 32.9. The van der Waals surface area contributed by atoms with E-state index in [1.54, 1.807) is 31.2 Å². The number of carbonyl (C=O) groups is 1. The van der Waals surface area contributed by atoms with Crippen molar-refractivity contribution in [1.29, 1.82) is 0 Å². The molecule has 0 aliphatic carbocycles. The number of hydrogen-bond acceptors (Lipinski definition) is 4. The summed E-state index contributed by atoms with van der Waals surface area (Å²) in [6.45, 7) is 1.80. The number of hydrogen-bond donors (Lipinski definition) is 1. The lowest BCUT2D eigenvalue weighted by molar-refractivity contribution is -0.136. The number of aliphatic carboxylic acids is 1. The number of ether oxygens (including phenoxy) is 1. The summed E-state index contributed by atoms with van der Waals surface area (Å²) in [5.41, 5.74) is 0.228. The summed E-state index contributed by atoms with van der Waals surface area (Å²) in [4.78, 5) is 10.8. The van der Waals surface area contributed by atoms with Crippen LogP contribution in [0, 0.1) is 0 Å². The first-order valence-electron chi connectivity index (χ1n) is 7.68. The maximum atomic E-state index is 13.2. The van der Waals surface area contributed by atoms with Crippen LogP contribution in [-0.4, -0.2) is 32.6 Å². The molecule has 6 nitrogen and oxygen atoms in total. The number of benzene rings is 2. The van der Waals surface area contributed by atoms with E-state index in [0.717, 1.165) is 4.31 Å². The van der Waals surface area contributed by atoms with Crippen LogP contribution in [0.25, 0.3) is 0 Å². The first-order valence-corrected chi connectivity index (χ1v) is 9.88. The third kappa shape index (κ3) is 4.60. The van der Waals surface area contributed by atoms with Crippen LogP contribution in [-0.2, 0) is 14.8 Å². The molecule has 0 heterocycles. The van der Waals surface area contributed by atoms with Gasteiger partial charge in [0.25, 0.3) is 10.0 Å². The van der Waals surface area contributed by atoms with Crippen LogP contribution in [0.15, 0.2) is 47.4 Å². The quantitative estimate of drug-likeness (QED) is 0.699. The Morgan fingerprint density at radius 1 is 1.19 bits per heavy atom. The summed E-state index contributed by atoms with van der Waals surface area (Å²) >= 11 is 12.0. The minimum absolute atomic E-state index is 0.0105. The molecule has 2 aromatic carbocycles. The van der Waals surface area contributed by atoms with Gasteiger partial charge in [-0.1, -0.05) is 35.3 Å². The van der Waals surface area contributed by atoms with Crippen LogP contribution in [0.4, 0.5) is 5.69 Å². The van der Waals surface area contributed by atoms with Gasteiger partial charge in [0, 0.05) is 11.6 Å². The minimum Gasteiger partial charge on any atom is -0.492 e. The molecule has 2 aromatic rings. The summed E-state index contributed by atoms with van der Waals surface area (Å²) in [5.74, 6) is -0.807. The second-order valence-corrected chi connectivity index (χ2v) is 7.87. The highest BCUT2D eigenvalue weighted by molar-refractivity contribution is 7.93. The molecule has 0 saturated carbocycles. The third-order valence-corrected chi connectivity index (χ3v) is 5.95. The molecule has 2 rings (SSSR count). The van der Waals surface area contributed by atoms with E-state index in [0.29, 0.717) is 12.4 Å². The molecule has 0 bridgehead atoms. The largest absolute Gasteiger partial charge is 0.492 e. The lowest BCUT2D eigenvalue weighted by Crippen LogP contribution is -2.33. The number of anilines is 1. The van der Waals surface area contributed by atoms with Gasteiger partial charge in [0.15, 0.2) is 0 Å². The van der Waals surface area contributed by atoms with Gasteiger partial charge in [-0.25, -0.2) is 8.42 Å². The van der Waals surface area contributed by atoms with Crippen LogP contribution >= 0.6 is 23.2 Å². The van der Waals surface area contributed by atoms with Crippen molar-refractivity contribution in [3.63, 3.8) is 0 Å². The van der Waals surface area contributed by atoms with E-state index in [1.807, 2.05) is 0 Å². The molecule has 0 aromatic heterocycles. The predicted octanol–water partition coefficient (Wildman–Crippen LogP) is 4.06. The van der Waals surface area contributed by atoms with Crippen LogP contribution < -0.4 is 9.04 Å². The molecule has 1 N–H and O–H groups in total. The first-order chi connectivity index (χ1) is 12.3. The molecule has 0 radical (unpaired) electrons. The standard InChI is InChI=1S/C17H17Cl2NO5S/c1-2-25-15-6-4-3-5-14(15)20(10-9-17(21)22)26(23,24)16-11-12(18)7-8-13(16)19/h3-8,11H,2,9-10H2,1H3,(H,21,22). The Labute approximate surface area is 162 Å². The van der Waals surface area contributed by atoms with Crippen LogP contribution in [0.3, 0.4) is 0 Å². The first kappa shape index (κ1) is 20.4. The SMILES string of the molecule is CCOc1ccccc1N(CCC(=O)O)S(=O)(=O)c1cc(Cl)ccc1Cl. The highest BCUT2D eigenvalue weighted by Crippen LogP contribution is 2.35. The second kappa shape index (κ2) is 8.62. The maximum Gasteiger partial charge on any atom is 0.305 e. The highest BCUT2D eigenvalue weighted by Gasteiger charge is 2.30. The zero-order chi connectivity index (χ0) is 19.3. The Balaban J connectivity index is 2.61. The van der Waals surface area contributed by atoms with Crippen molar-refractivity contribution in [2.45, 2.75) is 18.2 Å². The molecular formula is C17H17Cl2NO5S. The van der Waals surface area contributed by atoms with Crippen molar-refractivity contribution >= 4 is 44.9 Å². The molecular weight excluding hydrogens is 401 g/mol. The normalized spacial score (nSPS) is 11.2. The molecule has 0 fully saturated rings. The number of carboxylic acids is 1. The van der Waals surface area contributed by atoms with E-state index in [2.05, 4.69) is 0 Å². The molecule has 0 aliphatic rings. The fourth-order valence-electron chi connectivity index (χ4n) is 2.30. The average molecular weight is 418 g/mol. The number of halogens is 2. The Bertz CT molecular complexity index is 902. The van der Waals surface area contributed by atoms with Crippen LogP contribution in [0.2, 0.25) is 10.0 Å². The topological polar surface area (TPSA) is 83.9 Å². The van der Waals surface area contributed by atoms with Gasteiger partial charge >= 0.3 is 5.97 Å². The molecule has 0 saturated heterocycles. The van der Waals surface area contributed by atoms with Crippen LogP contribution in [0.1, 0.15) is 13.3 Å². The van der Waals surface area contributed by atoms with Crippen molar-refractivity contribution in [1.82, 2.24) is 0 Å². The fraction of sp³-hybridized carbons (Fsp3) is 0.235. The van der Waals surface area contributed by atoms with Crippen molar-refractivity contribution < 1.29 is 23.1 Å². The molecule has 26 heavy (non-hydrogen) atoms. The number of sulfonamides is 1. The Morgan fingerprint density at radius 3 is 2.54 bits per heavy atom. The average Bonchev–Trinajstić information content (AvgIpc) is 2.58. The second-order valence-electron chi connectivity index (χ2n) is 5.20. The number of rotatable bonds is 8. The van der Waals surface area contributed by atoms with Gasteiger partial charge in [-0.2, -0.15) is 0 Å². The van der Waals surface area contributed by atoms with E-state index in [4.69, 9.17) is 33.0 Å². The third-order valence-electron chi connectivity index (χ3n) is 3.42. The molecule has 0 amide bonds. The van der Waals surface area contributed by atoms with Gasteiger partial charge in [-0.3, -0.25) is 9.10 Å². The van der Waals surface area contributed by atoms with Crippen molar-refractivity contribution in [3.05, 3.63) is 52.5 Å². The zero-order valence-corrected chi connectivity index (χ0v) is 16.2. The van der Waals surface area contributed by atoms with Crippen LogP contribution in [0.5, 0.6) is 5.75 Å². The predicted molar refractivity (Wildman–Crippen MR) is 101 cm³/mol. The molecule has 0 aliphatic heterocycles. The molecule has 0 spiro atoms.